The number of likely N-dealkylation sites (tertiary alicyclic amines) is 2. The summed E-state index contributed by atoms with van der Waals surface area (Å²) in [5.74, 6) is 2.23. The van der Waals surface area contributed by atoms with Crippen molar-refractivity contribution in [3.05, 3.63) is 46.6 Å². The van der Waals surface area contributed by atoms with Gasteiger partial charge in [-0.2, -0.15) is 4.98 Å². The van der Waals surface area contributed by atoms with Gasteiger partial charge in [-0.3, -0.25) is 9.69 Å². The highest BCUT2D eigenvalue weighted by Crippen LogP contribution is 2.46. The summed E-state index contributed by atoms with van der Waals surface area (Å²) >= 11 is 6.01. The van der Waals surface area contributed by atoms with Gasteiger partial charge in [0.05, 0.1) is 5.41 Å². The second-order valence-corrected chi connectivity index (χ2v) is 8.73. The molecule has 3 aliphatic rings. The molecule has 1 aliphatic carbocycles. The van der Waals surface area contributed by atoms with E-state index in [0.717, 1.165) is 44.0 Å². The van der Waals surface area contributed by atoms with Crippen LogP contribution in [-0.2, 0) is 16.8 Å². The molecule has 0 unspecified atom stereocenters. The molecule has 27 heavy (non-hydrogen) atoms. The Balaban J connectivity index is 1.39. The summed E-state index contributed by atoms with van der Waals surface area (Å²) in [6.45, 7) is 5.94. The van der Waals surface area contributed by atoms with Crippen LogP contribution in [0.3, 0.4) is 0 Å². The molecule has 0 bridgehead atoms. The van der Waals surface area contributed by atoms with Crippen LogP contribution in [0.1, 0.15) is 30.1 Å². The number of benzene rings is 1. The highest BCUT2D eigenvalue weighted by molar-refractivity contribution is 6.30. The Morgan fingerprint density at radius 1 is 1.26 bits per heavy atom. The van der Waals surface area contributed by atoms with Crippen LogP contribution in [0, 0.1) is 18.8 Å². The van der Waals surface area contributed by atoms with Crippen LogP contribution in [0.2, 0.25) is 5.02 Å². The van der Waals surface area contributed by atoms with Gasteiger partial charge in [0, 0.05) is 49.6 Å². The third-order valence-corrected chi connectivity index (χ3v) is 6.44. The first kappa shape index (κ1) is 17.2. The Bertz CT molecular complexity index is 863. The Labute approximate surface area is 163 Å². The zero-order valence-electron chi connectivity index (χ0n) is 15.4. The molecule has 2 saturated heterocycles. The van der Waals surface area contributed by atoms with Crippen molar-refractivity contribution in [1.82, 2.24) is 19.9 Å². The average molecular weight is 387 g/mol. The Hall–Kier alpha value is -1.92. The Morgan fingerprint density at radius 2 is 2.04 bits per heavy atom. The molecule has 142 valence electrons. The quantitative estimate of drug-likeness (QED) is 0.808. The first-order chi connectivity index (χ1) is 13.0. The van der Waals surface area contributed by atoms with E-state index in [1.54, 1.807) is 0 Å². The van der Waals surface area contributed by atoms with Gasteiger partial charge in [-0.15, -0.1) is 0 Å². The normalized spacial score (nSPS) is 27.9. The van der Waals surface area contributed by atoms with Crippen LogP contribution >= 0.6 is 11.6 Å². The van der Waals surface area contributed by atoms with E-state index in [9.17, 15) is 4.79 Å². The van der Waals surface area contributed by atoms with Gasteiger partial charge in [0.25, 0.3) is 0 Å². The van der Waals surface area contributed by atoms with E-state index in [4.69, 9.17) is 16.1 Å². The molecule has 0 spiro atoms. The van der Waals surface area contributed by atoms with Crippen molar-refractivity contribution in [1.29, 1.82) is 0 Å². The Morgan fingerprint density at radius 3 is 2.70 bits per heavy atom. The van der Waals surface area contributed by atoms with Crippen molar-refractivity contribution >= 4 is 17.5 Å². The number of amides is 1. The van der Waals surface area contributed by atoms with Crippen molar-refractivity contribution in [3.63, 3.8) is 0 Å². The molecule has 1 aromatic carbocycles. The lowest BCUT2D eigenvalue weighted by molar-refractivity contribution is -0.132. The zero-order chi connectivity index (χ0) is 18.6. The maximum absolute atomic E-state index is 12.7. The van der Waals surface area contributed by atoms with Crippen LogP contribution < -0.4 is 0 Å². The maximum Gasteiger partial charge on any atom is 0.236 e. The fourth-order valence-corrected chi connectivity index (χ4v) is 4.82. The molecule has 2 aromatic rings. The number of aromatic nitrogens is 2. The van der Waals surface area contributed by atoms with Crippen LogP contribution in [0.5, 0.6) is 0 Å². The monoisotopic (exact) mass is 386 g/mol. The molecular formula is C20H23ClN4O2. The van der Waals surface area contributed by atoms with Crippen LogP contribution in [0.15, 0.2) is 28.8 Å². The summed E-state index contributed by atoms with van der Waals surface area (Å²) < 4.78 is 5.63. The number of nitrogens with zero attached hydrogens (tertiary/aromatic N) is 4. The van der Waals surface area contributed by atoms with Crippen LogP contribution in [0.25, 0.3) is 0 Å². The second kappa shape index (κ2) is 6.31. The number of aryl methyl sites for hydroxylation is 1. The van der Waals surface area contributed by atoms with Crippen molar-refractivity contribution in [2.75, 3.05) is 26.2 Å². The minimum absolute atomic E-state index is 0.246. The molecule has 0 N–H and O–H groups in total. The van der Waals surface area contributed by atoms with Crippen LogP contribution in [0.4, 0.5) is 0 Å². The predicted molar refractivity (Wildman–Crippen MR) is 100 cm³/mol. The number of hydrogen-bond acceptors (Lipinski definition) is 5. The minimum atomic E-state index is -0.252. The molecule has 3 fully saturated rings. The highest BCUT2D eigenvalue weighted by atomic mass is 35.5. The third kappa shape index (κ3) is 3.05. The molecule has 6 nitrogen and oxygen atoms in total. The topological polar surface area (TPSA) is 62.5 Å². The number of carbonyl (C=O) groups is 1. The molecule has 2 aliphatic heterocycles. The molecule has 5 rings (SSSR count). The summed E-state index contributed by atoms with van der Waals surface area (Å²) in [5.41, 5.74) is 0.986. The average Bonchev–Trinajstić information content (AvgIpc) is 3.17. The van der Waals surface area contributed by atoms with Gasteiger partial charge in [-0.05, 0) is 37.5 Å². The van der Waals surface area contributed by atoms with Gasteiger partial charge >= 0.3 is 0 Å². The van der Waals surface area contributed by atoms with Gasteiger partial charge in [0.1, 0.15) is 0 Å². The minimum Gasteiger partial charge on any atom is -0.341 e. The first-order valence-electron chi connectivity index (χ1n) is 9.60. The standard InChI is InChI=1S/C20H23ClN4O2/c1-13-22-19(27-23-13)20-11-24(8-14-2-6-17(21)7-3-14)9-16(20)10-25(12-20)18(26)15-4-5-15/h2-3,6-7,15-16H,4-5,8-12H2,1H3/t16-,20-/m0/s1. The Kier molecular flexibility index (Phi) is 4.02. The van der Waals surface area contributed by atoms with Crippen molar-refractivity contribution in [3.8, 4) is 0 Å². The number of rotatable bonds is 4. The van der Waals surface area contributed by atoms with E-state index >= 15 is 0 Å². The second-order valence-electron chi connectivity index (χ2n) is 8.29. The van der Waals surface area contributed by atoms with Gasteiger partial charge in [0.2, 0.25) is 11.8 Å². The lowest BCUT2D eigenvalue weighted by Gasteiger charge is -2.26. The van der Waals surface area contributed by atoms with Gasteiger partial charge in [0.15, 0.2) is 5.82 Å². The maximum atomic E-state index is 12.7. The van der Waals surface area contributed by atoms with Crippen molar-refractivity contribution < 1.29 is 9.32 Å². The SMILES string of the molecule is Cc1noc([C@]23CN(Cc4ccc(Cl)cc4)C[C@H]2CN(C(=O)C2CC2)C3)n1. The van der Waals surface area contributed by atoms with Gasteiger partial charge in [-0.1, -0.05) is 28.9 Å². The molecule has 0 radical (unpaired) electrons. The number of halogens is 1. The molecule has 7 heteroatoms. The number of carbonyl (C=O) groups excluding carboxylic acids is 1. The first-order valence-corrected chi connectivity index (χ1v) is 9.98. The van der Waals surface area contributed by atoms with Crippen molar-refractivity contribution in [2.24, 2.45) is 11.8 Å². The van der Waals surface area contributed by atoms with Gasteiger partial charge in [-0.25, -0.2) is 0 Å². The fraction of sp³-hybridized carbons (Fsp3) is 0.550. The number of fused-ring (bicyclic) bond motifs is 1. The van der Waals surface area contributed by atoms with Crippen LogP contribution in [-0.4, -0.2) is 52.0 Å². The van der Waals surface area contributed by atoms with Gasteiger partial charge < -0.3 is 9.42 Å². The molecule has 1 saturated carbocycles. The van der Waals surface area contributed by atoms with E-state index in [0.29, 0.717) is 30.1 Å². The van der Waals surface area contributed by atoms with Crippen molar-refractivity contribution in [2.45, 2.75) is 31.7 Å². The zero-order valence-corrected chi connectivity index (χ0v) is 16.2. The highest BCUT2D eigenvalue weighted by Gasteiger charge is 2.58. The van der Waals surface area contributed by atoms with E-state index in [-0.39, 0.29) is 11.3 Å². The summed E-state index contributed by atoms with van der Waals surface area (Å²) in [6, 6.07) is 8.01. The largest absolute Gasteiger partial charge is 0.341 e. The molecule has 1 aromatic heterocycles. The van der Waals surface area contributed by atoms with E-state index in [2.05, 4.69) is 27.2 Å². The predicted octanol–water partition coefficient (Wildman–Crippen LogP) is 2.65. The molecule has 3 heterocycles. The lowest BCUT2D eigenvalue weighted by Crippen LogP contribution is -2.40. The van der Waals surface area contributed by atoms with E-state index < -0.39 is 0 Å². The summed E-state index contributed by atoms with van der Waals surface area (Å²) in [4.78, 5) is 21.7. The summed E-state index contributed by atoms with van der Waals surface area (Å²) in [5, 5.41) is 4.78. The summed E-state index contributed by atoms with van der Waals surface area (Å²) in [7, 11) is 0. The number of hydrogen-bond donors (Lipinski definition) is 0. The molecule has 1 amide bonds. The van der Waals surface area contributed by atoms with E-state index in [1.165, 1.54) is 5.56 Å². The third-order valence-electron chi connectivity index (χ3n) is 6.19. The lowest BCUT2D eigenvalue weighted by atomic mass is 9.81. The summed E-state index contributed by atoms with van der Waals surface area (Å²) in [6.07, 6.45) is 2.07. The van der Waals surface area contributed by atoms with E-state index in [1.807, 2.05) is 24.0 Å². The fourth-order valence-electron chi connectivity index (χ4n) is 4.70. The smallest absolute Gasteiger partial charge is 0.236 e. The molecular weight excluding hydrogens is 364 g/mol. The molecule has 2 atom stereocenters.